The zero-order chi connectivity index (χ0) is 14.5. The van der Waals surface area contributed by atoms with Crippen molar-refractivity contribution in [1.29, 1.82) is 0 Å². The van der Waals surface area contributed by atoms with E-state index in [1.807, 2.05) is 14.0 Å². The molecule has 1 heterocycles. The molecule has 0 saturated carbocycles. The van der Waals surface area contributed by atoms with E-state index in [1.165, 1.54) is 16.8 Å². The van der Waals surface area contributed by atoms with Crippen molar-refractivity contribution in [2.24, 2.45) is 0 Å². The van der Waals surface area contributed by atoms with Crippen LogP contribution >= 0.6 is 0 Å². The summed E-state index contributed by atoms with van der Waals surface area (Å²) in [4.78, 5) is 2.33. The molecule has 0 fully saturated rings. The third kappa shape index (κ3) is 3.42. The average molecular weight is 272 g/mol. The smallest absolute Gasteiger partial charge is 0.123 e. The van der Waals surface area contributed by atoms with Gasteiger partial charge in [-0.2, -0.15) is 0 Å². The van der Waals surface area contributed by atoms with Gasteiger partial charge in [0.25, 0.3) is 0 Å². The quantitative estimate of drug-likeness (QED) is 0.870. The normalized spacial score (nSPS) is 10.8. The maximum Gasteiger partial charge on any atom is 0.123 e. The van der Waals surface area contributed by atoms with E-state index < -0.39 is 0 Å². The molecule has 3 nitrogen and oxygen atoms in total. The van der Waals surface area contributed by atoms with Crippen LogP contribution in [0.25, 0.3) is 0 Å². The van der Waals surface area contributed by atoms with Crippen LogP contribution in [-0.2, 0) is 13.1 Å². The van der Waals surface area contributed by atoms with Crippen molar-refractivity contribution >= 4 is 5.69 Å². The van der Waals surface area contributed by atoms with E-state index in [1.54, 1.807) is 0 Å². The molecule has 3 heteroatoms. The largest absolute Gasteiger partial charge is 0.464 e. The Kier molecular flexibility index (Phi) is 4.85. The van der Waals surface area contributed by atoms with Gasteiger partial charge in [-0.05, 0) is 51.6 Å². The zero-order valence-corrected chi connectivity index (χ0v) is 12.9. The Morgan fingerprint density at radius 2 is 2.00 bits per heavy atom. The molecule has 0 atom stereocenters. The molecule has 1 N–H and O–H groups in total. The minimum absolute atomic E-state index is 0.810. The molecule has 20 heavy (non-hydrogen) atoms. The monoisotopic (exact) mass is 272 g/mol. The lowest BCUT2D eigenvalue weighted by Gasteiger charge is -2.22. The first kappa shape index (κ1) is 14.7. The number of nitrogens with zero attached hydrogens (tertiary/aromatic N) is 1. The fraction of sp³-hybridized carbons (Fsp3) is 0.412. The Morgan fingerprint density at radius 1 is 1.20 bits per heavy atom. The summed E-state index contributed by atoms with van der Waals surface area (Å²) >= 11 is 0. The van der Waals surface area contributed by atoms with Crippen molar-refractivity contribution in [3.8, 4) is 0 Å². The first-order valence-electron chi connectivity index (χ1n) is 7.18. The standard InChI is InChI=1S/C17H24N2O/c1-5-19(16-8-6-7-13(2)9-16)12-17-10-15(11-18-4)14(3)20-17/h6-10,18H,5,11-12H2,1-4H3. The van der Waals surface area contributed by atoms with Gasteiger partial charge in [0.15, 0.2) is 0 Å². The van der Waals surface area contributed by atoms with Crippen LogP contribution < -0.4 is 10.2 Å². The second-order valence-corrected chi connectivity index (χ2v) is 5.18. The minimum Gasteiger partial charge on any atom is -0.464 e. The first-order valence-corrected chi connectivity index (χ1v) is 7.18. The molecule has 0 amide bonds. The van der Waals surface area contributed by atoms with Crippen molar-refractivity contribution < 1.29 is 4.42 Å². The second-order valence-electron chi connectivity index (χ2n) is 5.18. The van der Waals surface area contributed by atoms with Crippen LogP contribution in [0.4, 0.5) is 5.69 Å². The van der Waals surface area contributed by atoms with Crippen molar-refractivity contribution in [3.63, 3.8) is 0 Å². The molecule has 0 saturated heterocycles. The fourth-order valence-corrected chi connectivity index (χ4v) is 2.43. The summed E-state index contributed by atoms with van der Waals surface area (Å²) in [7, 11) is 1.96. The van der Waals surface area contributed by atoms with Gasteiger partial charge in [-0.1, -0.05) is 12.1 Å². The summed E-state index contributed by atoms with van der Waals surface area (Å²) in [5.41, 5.74) is 3.77. The molecular weight excluding hydrogens is 248 g/mol. The number of benzene rings is 1. The molecule has 0 unspecified atom stereocenters. The van der Waals surface area contributed by atoms with Gasteiger partial charge in [0.1, 0.15) is 11.5 Å². The molecule has 0 aliphatic heterocycles. The molecule has 0 aliphatic carbocycles. The summed E-state index contributed by atoms with van der Waals surface area (Å²) < 4.78 is 5.87. The lowest BCUT2D eigenvalue weighted by molar-refractivity contribution is 0.475. The van der Waals surface area contributed by atoms with Gasteiger partial charge in [0, 0.05) is 24.3 Å². The van der Waals surface area contributed by atoms with Crippen LogP contribution in [0.1, 0.15) is 29.6 Å². The Bertz CT molecular complexity index is 560. The molecule has 2 rings (SSSR count). The maximum atomic E-state index is 5.87. The lowest BCUT2D eigenvalue weighted by Crippen LogP contribution is -2.21. The van der Waals surface area contributed by atoms with Gasteiger partial charge in [-0.25, -0.2) is 0 Å². The lowest BCUT2D eigenvalue weighted by atomic mass is 10.2. The highest BCUT2D eigenvalue weighted by Crippen LogP contribution is 2.21. The van der Waals surface area contributed by atoms with E-state index in [-0.39, 0.29) is 0 Å². The van der Waals surface area contributed by atoms with Crippen molar-refractivity contribution in [3.05, 3.63) is 53.0 Å². The highest BCUT2D eigenvalue weighted by Gasteiger charge is 2.11. The van der Waals surface area contributed by atoms with Crippen molar-refractivity contribution in [2.75, 3.05) is 18.5 Å². The van der Waals surface area contributed by atoms with E-state index in [2.05, 4.69) is 54.4 Å². The predicted molar refractivity (Wildman–Crippen MR) is 84.1 cm³/mol. The zero-order valence-electron chi connectivity index (χ0n) is 12.9. The van der Waals surface area contributed by atoms with Gasteiger partial charge < -0.3 is 14.6 Å². The SMILES string of the molecule is CCN(Cc1cc(CNC)c(C)o1)c1cccc(C)c1. The Hall–Kier alpha value is -1.74. The van der Waals surface area contributed by atoms with Crippen LogP contribution in [-0.4, -0.2) is 13.6 Å². The number of aryl methyl sites for hydroxylation is 2. The van der Waals surface area contributed by atoms with Gasteiger partial charge in [0.2, 0.25) is 0 Å². The summed E-state index contributed by atoms with van der Waals surface area (Å²) in [6.07, 6.45) is 0. The van der Waals surface area contributed by atoms with E-state index >= 15 is 0 Å². The first-order chi connectivity index (χ1) is 9.63. The predicted octanol–water partition coefficient (Wildman–Crippen LogP) is 3.64. The Morgan fingerprint density at radius 3 is 2.65 bits per heavy atom. The topological polar surface area (TPSA) is 28.4 Å². The molecule has 2 aromatic rings. The average Bonchev–Trinajstić information content (AvgIpc) is 2.77. The summed E-state index contributed by atoms with van der Waals surface area (Å²) in [6, 6.07) is 10.8. The van der Waals surface area contributed by atoms with E-state index in [4.69, 9.17) is 4.42 Å². The third-order valence-electron chi connectivity index (χ3n) is 3.53. The van der Waals surface area contributed by atoms with E-state index in [0.717, 1.165) is 31.2 Å². The van der Waals surface area contributed by atoms with Crippen LogP contribution in [0.3, 0.4) is 0 Å². The van der Waals surface area contributed by atoms with Gasteiger partial charge in [-0.3, -0.25) is 0 Å². The Labute approximate surface area is 121 Å². The highest BCUT2D eigenvalue weighted by atomic mass is 16.3. The molecule has 0 spiro atoms. The fourth-order valence-electron chi connectivity index (χ4n) is 2.43. The third-order valence-corrected chi connectivity index (χ3v) is 3.53. The number of hydrogen-bond donors (Lipinski definition) is 1. The second kappa shape index (κ2) is 6.62. The van der Waals surface area contributed by atoms with Gasteiger partial charge in [-0.15, -0.1) is 0 Å². The van der Waals surface area contributed by atoms with Gasteiger partial charge in [0.05, 0.1) is 6.54 Å². The molecule has 108 valence electrons. The van der Waals surface area contributed by atoms with E-state index in [9.17, 15) is 0 Å². The summed E-state index contributed by atoms with van der Waals surface area (Å²) in [5.74, 6) is 2.03. The number of hydrogen-bond acceptors (Lipinski definition) is 3. The van der Waals surface area contributed by atoms with Crippen LogP contribution in [0, 0.1) is 13.8 Å². The van der Waals surface area contributed by atoms with Gasteiger partial charge >= 0.3 is 0 Å². The van der Waals surface area contributed by atoms with Crippen molar-refractivity contribution in [2.45, 2.75) is 33.9 Å². The summed E-state index contributed by atoms with van der Waals surface area (Å²) in [5, 5.41) is 3.17. The molecule has 0 bridgehead atoms. The minimum atomic E-state index is 0.810. The number of furan rings is 1. The van der Waals surface area contributed by atoms with Crippen molar-refractivity contribution in [1.82, 2.24) is 5.32 Å². The molecule has 1 aromatic heterocycles. The van der Waals surface area contributed by atoms with Crippen LogP contribution in [0.15, 0.2) is 34.7 Å². The Balaban J connectivity index is 2.16. The maximum absolute atomic E-state index is 5.87. The van der Waals surface area contributed by atoms with Crippen LogP contribution in [0.2, 0.25) is 0 Å². The molecular formula is C17H24N2O. The number of anilines is 1. The van der Waals surface area contributed by atoms with E-state index in [0.29, 0.717) is 0 Å². The highest BCUT2D eigenvalue weighted by molar-refractivity contribution is 5.48. The number of rotatable bonds is 6. The number of nitrogens with one attached hydrogen (secondary N) is 1. The molecule has 0 aliphatic rings. The van der Waals surface area contributed by atoms with Crippen LogP contribution in [0.5, 0.6) is 0 Å². The molecule has 1 aromatic carbocycles. The molecule has 0 radical (unpaired) electrons. The summed E-state index contributed by atoms with van der Waals surface area (Å²) in [6.45, 7) is 8.95.